The number of amides is 1. The zero-order chi connectivity index (χ0) is 13.8. The van der Waals surface area contributed by atoms with Crippen molar-refractivity contribution in [2.75, 3.05) is 24.5 Å². The van der Waals surface area contributed by atoms with Crippen LogP contribution in [0.15, 0.2) is 18.3 Å². The van der Waals surface area contributed by atoms with Crippen molar-refractivity contribution in [2.24, 2.45) is 0 Å². The van der Waals surface area contributed by atoms with Crippen LogP contribution in [0.2, 0.25) is 0 Å². The SMILES string of the molecule is CCN(CC)c1ncccc1C1CCCN1C(C)=O. The molecule has 0 N–H and O–H groups in total. The van der Waals surface area contributed by atoms with Gasteiger partial charge in [0, 0.05) is 38.3 Å². The Labute approximate surface area is 115 Å². The second-order valence-electron chi connectivity index (χ2n) is 4.96. The second-order valence-corrected chi connectivity index (χ2v) is 4.96. The van der Waals surface area contributed by atoms with E-state index in [1.165, 1.54) is 5.56 Å². The third kappa shape index (κ3) is 2.72. The number of pyridine rings is 1. The van der Waals surface area contributed by atoms with Gasteiger partial charge in [0.1, 0.15) is 5.82 Å². The van der Waals surface area contributed by atoms with Crippen LogP contribution in [0.25, 0.3) is 0 Å². The van der Waals surface area contributed by atoms with Gasteiger partial charge in [-0.05, 0) is 32.8 Å². The van der Waals surface area contributed by atoms with Crippen LogP contribution >= 0.6 is 0 Å². The molecule has 0 spiro atoms. The molecule has 1 atom stereocenters. The fourth-order valence-corrected chi connectivity index (χ4v) is 2.92. The Balaban J connectivity index is 2.36. The minimum absolute atomic E-state index is 0.164. The first-order valence-corrected chi connectivity index (χ1v) is 7.16. The zero-order valence-corrected chi connectivity index (χ0v) is 12.1. The summed E-state index contributed by atoms with van der Waals surface area (Å²) in [5.74, 6) is 1.20. The maximum absolute atomic E-state index is 11.7. The van der Waals surface area contributed by atoms with Crippen molar-refractivity contribution in [3.05, 3.63) is 23.9 Å². The lowest BCUT2D eigenvalue weighted by atomic mass is 10.0. The minimum Gasteiger partial charge on any atom is -0.357 e. The van der Waals surface area contributed by atoms with Gasteiger partial charge in [-0.25, -0.2) is 4.98 Å². The predicted molar refractivity (Wildman–Crippen MR) is 77.2 cm³/mol. The Morgan fingerprint density at radius 3 is 2.84 bits per heavy atom. The normalized spacial score (nSPS) is 18.7. The summed E-state index contributed by atoms with van der Waals surface area (Å²) in [6.07, 6.45) is 3.96. The van der Waals surface area contributed by atoms with Gasteiger partial charge in [0.25, 0.3) is 0 Å². The molecule has 1 aromatic rings. The molecule has 104 valence electrons. The fourth-order valence-electron chi connectivity index (χ4n) is 2.92. The lowest BCUT2D eigenvalue weighted by molar-refractivity contribution is -0.129. The number of likely N-dealkylation sites (tertiary alicyclic amines) is 1. The summed E-state index contributed by atoms with van der Waals surface area (Å²) in [6, 6.07) is 4.28. The third-order valence-electron chi connectivity index (χ3n) is 3.90. The lowest BCUT2D eigenvalue weighted by Crippen LogP contribution is -2.31. The van der Waals surface area contributed by atoms with E-state index in [9.17, 15) is 4.79 Å². The van der Waals surface area contributed by atoms with Crippen LogP contribution < -0.4 is 4.90 Å². The largest absolute Gasteiger partial charge is 0.357 e. The highest BCUT2D eigenvalue weighted by molar-refractivity contribution is 5.74. The highest BCUT2D eigenvalue weighted by atomic mass is 16.2. The highest BCUT2D eigenvalue weighted by Gasteiger charge is 2.30. The molecular weight excluding hydrogens is 238 g/mol. The number of hydrogen-bond donors (Lipinski definition) is 0. The van der Waals surface area contributed by atoms with Crippen LogP contribution in [0, 0.1) is 0 Å². The molecule has 1 unspecified atom stereocenters. The quantitative estimate of drug-likeness (QED) is 0.836. The van der Waals surface area contributed by atoms with Crippen molar-refractivity contribution in [1.29, 1.82) is 0 Å². The van der Waals surface area contributed by atoms with Crippen molar-refractivity contribution >= 4 is 11.7 Å². The van der Waals surface area contributed by atoms with Crippen LogP contribution in [-0.2, 0) is 4.79 Å². The molecule has 2 heterocycles. The number of nitrogens with zero attached hydrogens (tertiary/aromatic N) is 3. The molecule has 1 aromatic heterocycles. The van der Waals surface area contributed by atoms with E-state index in [1.807, 2.05) is 17.2 Å². The zero-order valence-electron chi connectivity index (χ0n) is 12.1. The molecule has 2 rings (SSSR count). The monoisotopic (exact) mass is 261 g/mol. The van der Waals surface area contributed by atoms with E-state index in [-0.39, 0.29) is 11.9 Å². The van der Waals surface area contributed by atoms with Crippen LogP contribution in [0.4, 0.5) is 5.82 Å². The van der Waals surface area contributed by atoms with Gasteiger partial charge in [-0.3, -0.25) is 4.79 Å². The van der Waals surface area contributed by atoms with Crippen molar-refractivity contribution in [1.82, 2.24) is 9.88 Å². The molecule has 19 heavy (non-hydrogen) atoms. The first-order valence-electron chi connectivity index (χ1n) is 7.16. The standard InChI is InChI=1S/C15H23N3O/c1-4-17(5-2)15-13(8-6-10-16-15)14-9-7-11-18(14)12(3)19/h6,8,10,14H,4-5,7,9,11H2,1-3H3. The highest BCUT2D eigenvalue weighted by Crippen LogP contribution is 2.36. The predicted octanol–water partition coefficient (Wildman–Crippen LogP) is 2.61. The summed E-state index contributed by atoms with van der Waals surface area (Å²) < 4.78 is 0. The van der Waals surface area contributed by atoms with E-state index in [0.29, 0.717) is 0 Å². The third-order valence-corrected chi connectivity index (χ3v) is 3.90. The summed E-state index contributed by atoms with van der Waals surface area (Å²) in [6.45, 7) is 8.68. The molecular formula is C15H23N3O. The molecule has 1 saturated heterocycles. The molecule has 0 aliphatic carbocycles. The maximum atomic E-state index is 11.7. The fraction of sp³-hybridized carbons (Fsp3) is 0.600. The Hall–Kier alpha value is -1.58. The van der Waals surface area contributed by atoms with Crippen LogP contribution in [0.5, 0.6) is 0 Å². The lowest BCUT2D eigenvalue weighted by Gasteiger charge is -2.29. The molecule has 0 bridgehead atoms. The number of carbonyl (C=O) groups excluding carboxylic acids is 1. The van der Waals surface area contributed by atoms with Crippen LogP contribution in [-0.4, -0.2) is 35.4 Å². The number of carbonyl (C=O) groups is 1. The Morgan fingerprint density at radius 1 is 1.47 bits per heavy atom. The summed E-state index contributed by atoms with van der Waals surface area (Å²) in [5.41, 5.74) is 1.19. The summed E-state index contributed by atoms with van der Waals surface area (Å²) >= 11 is 0. The van der Waals surface area contributed by atoms with Gasteiger partial charge in [0.15, 0.2) is 0 Å². The van der Waals surface area contributed by atoms with Gasteiger partial charge < -0.3 is 9.80 Å². The molecule has 4 nitrogen and oxygen atoms in total. The Bertz CT molecular complexity index is 443. The van der Waals surface area contributed by atoms with Gasteiger partial charge in [0.05, 0.1) is 6.04 Å². The summed E-state index contributed by atoms with van der Waals surface area (Å²) in [4.78, 5) is 20.5. The van der Waals surface area contributed by atoms with Crippen LogP contribution in [0.1, 0.15) is 45.2 Å². The molecule has 1 aliphatic heterocycles. The van der Waals surface area contributed by atoms with Gasteiger partial charge >= 0.3 is 0 Å². The minimum atomic E-state index is 0.164. The molecule has 1 amide bonds. The molecule has 0 saturated carbocycles. The molecule has 4 heteroatoms. The average Bonchev–Trinajstić information content (AvgIpc) is 2.90. The topological polar surface area (TPSA) is 36.4 Å². The van der Waals surface area contributed by atoms with Gasteiger partial charge in [-0.15, -0.1) is 0 Å². The first-order chi connectivity index (χ1) is 9.19. The van der Waals surface area contributed by atoms with Crippen LogP contribution in [0.3, 0.4) is 0 Å². The molecule has 1 aliphatic rings. The Morgan fingerprint density at radius 2 is 2.21 bits per heavy atom. The van der Waals surface area contributed by atoms with Crippen molar-refractivity contribution in [3.8, 4) is 0 Å². The first kappa shape index (κ1) is 13.8. The van der Waals surface area contributed by atoms with Crippen molar-refractivity contribution in [2.45, 2.75) is 39.7 Å². The van der Waals surface area contributed by atoms with E-state index in [2.05, 4.69) is 29.8 Å². The number of anilines is 1. The number of rotatable bonds is 4. The van der Waals surface area contributed by atoms with Gasteiger partial charge in [-0.1, -0.05) is 6.07 Å². The maximum Gasteiger partial charge on any atom is 0.219 e. The average molecular weight is 261 g/mol. The van der Waals surface area contributed by atoms with E-state index >= 15 is 0 Å². The van der Waals surface area contributed by atoms with Crippen molar-refractivity contribution in [3.63, 3.8) is 0 Å². The van der Waals surface area contributed by atoms with E-state index in [4.69, 9.17) is 0 Å². The molecule has 1 fully saturated rings. The smallest absolute Gasteiger partial charge is 0.219 e. The van der Waals surface area contributed by atoms with Crippen molar-refractivity contribution < 1.29 is 4.79 Å². The molecule has 0 aromatic carbocycles. The second kappa shape index (κ2) is 6.04. The summed E-state index contributed by atoms with van der Waals surface area (Å²) in [7, 11) is 0. The van der Waals surface area contributed by atoms with E-state index in [0.717, 1.165) is 38.3 Å². The summed E-state index contributed by atoms with van der Waals surface area (Å²) in [5, 5.41) is 0. The molecule has 0 radical (unpaired) electrons. The van der Waals surface area contributed by atoms with E-state index < -0.39 is 0 Å². The number of aromatic nitrogens is 1. The van der Waals surface area contributed by atoms with Gasteiger partial charge in [-0.2, -0.15) is 0 Å². The number of hydrogen-bond acceptors (Lipinski definition) is 3. The Kier molecular flexibility index (Phi) is 4.40. The van der Waals surface area contributed by atoms with E-state index in [1.54, 1.807) is 6.92 Å². The van der Waals surface area contributed by atoms with Gasteiger partial charge in [0.2, 0.25) is 5.91 Å².